The minimum atomic E-state index is -0.785. The van der Waals surface area contributed by atoms with Gasteiger partial charge in [0.2, 0.25) is 0 Å². The Labute approximate surface area is 191 Å². The summed E-state index contributed by atoms with van der Waals surface area (Å²) in [6.45, 7) is 1.06. The number of pyridine rings is 1. The number of fused-ring (bicyclic) bond motifs is 1. The molecule has 162 valence electrons. The monoisotopic (exact) mass is 473 g/mol. The lowest BCUT2D eigenvalue weighted by Crippen LogP contribution is -2.21. The summed E-state index contributed by atoms with van der Waals surface area (Å²) < 4.78 is 23.7. The van der Waals surface area contributed by atoms with Crippen molar-refractivity contribution >= 4 is 51.9 Å². The zero-order valence-corrected chi connectivity index (χ0v) is 18.0. The van der Waals surface area contributed by atoms with E-state index in [-0.39, 0.29) is 27.0 Å². The standard InChI is InChI=1S/C22H14Cl2FN3O4/c1-11-19-14(9-17(26-21(19)32-28-11)12-5-7-13(25)8-6-12)22(30)31-10-18(29)27-20-15(23)3-2-4-16(20)24/h2-9H,10H2,1H3,(H,27,29). The number of nitrogens with zero attached hydrogens (tertiary/aromatic N) is 2. The van der Waals surface area contributed by atoms with E-state index in [1.807, 2.05) is 0 Å². The molecule has 2 aromatic heterocycles. The van der Waals surface area contributed by atoms with Crippen molar-refractivity contribution in [1.82, 2.24) is 10.1 Å². The fraction of sp³-hybridized carbons (Fsp3) is 0.0909. The van der Waals surface area contributed by atoms with E-state index < -0.39 is 24.3 Å². The van der Waals surface area contributed by atoms with E-state index in [1.54, 1.807) is 25.1 Å². The Morgan fingerprint density at radius 2 is 1.81 bits per heavy atom. The topological polar surface area (TPSA) is 94.3 Å². The maximum absolute atomic E-state index is 13.3. The average Bonchev–Trinajstić information content (AvgIpc) is 3.15. The fourth-order valence-electron chi connectivity index (χ4n) is 3.03. The Hall–Kier alpha value is -3.49. The highest BCUT2D eigenvalue weighted by Gasteiger charge is 2.21. The van der Waals surface area contributed by atoms with E-state index in [9.17, 15) is 14.0 Å². The van der Waals surface area contributed by atoms with Gasteiger partial charge in [-0.25, -0.2) is 14.2 Å². The van der Waals surface area contributed by atoms with Gasteiger partial charge in [0.25, 0.3) is 11.6 Å². The number of aryl methyl sites for hydroxylation is 1. The van der Waals surface area contributed by atoms with Crippen molar-refractivity contribution in [3.63, 3.8) is 0 Å². The van der Waals surface area contributed by atoms with Crippen molar-refractivity contribution in [1.29, 1.82) is 0 Å². The normalized spacial score (nSPS) is 10.9. The zero-order valence-electron chi connectivity index (χ0n) is 16.5. The molecule has 1 amide bonds. The van der Waals surface area contributed by atoms with E-state index >= 15 is 0 Å². The van der Waals surface area contributed by atoms with Crippen LogP contribution in [0.3, 0.4) is 0 Å². The highest BCUT2D eigenvalue weighted by molar-refractivity contribution is 6.39. The second-order valence-electron chi connectivity index (χ2n) is 6.73. The zero-order chi connectivity index (χ0) is 22.8. The van der Waals surface area contributed by atoms with Gasteiger partial charge in [-0.2, -0.15) is 0 Å². The third-order valence-corrected chi connectivity index (χ3v) is 5.17. The molecule has 0 fully saturated rings. The minimum absolute atomic E-state index is 0.108. The second kappa shape index (κ2) is 8.94. The number of carbonyl (C=O) groups excluding carboxylic acids is 2. The lowest BCUT2D eigenvalue weighted by Gasteiger charge is -2.10. The van der Waals surface area contributed by atoms with E-state index in [0.29, 0.717) is 22.3 Å². The molecule has 0 aliphatic rings. The number of esters is 1. The Kier molecular flexibility index (Phi) is 6.07. The Balaban J connectivity index is 1.58. The quantitative estimate of drug-likeness (QED) is 0.387. The predicted molar refractivity (Wildman–Crippen MR) is 117 cm³/mol. The van der Waals surface area contributed by atoms with Crippen molar-refractivity contribution in [3.05, 3.63) is 75.7 Å². The van der Waals surface area contributed by atoms with Crippen molar-refractivity contribution < 1.29 is 23.2 Å². The Bertz CT molecular complexity index is 1320. The van der Waals surface area contributed by atoms with Crippen LogP contribution in [-0.2, 0) is 9.53 Å². The molecule has 0 unspecified atom stereocenters. The summed E-state index contributed by atoms with van der Waals surface area (Å²) >= 11 is 12.1. The number of aromatic nitrogens is 2. The van der Waals surface area contributed by atoms with Crippen molar-refractivity contribution in [2.24, 2.45) is 0 Å². The van der Waals surface area contributed by atoms with Gasteiger partial charge in [-0.05, 0) is 49.4 Å². The summed E-state index contributed by atoms with van der Waals surface area (Å²) in [7, 11) is 0. The first-order valence-electron chi connectivity index (χ1n) is 9.27. The summed E-state index contributed by atoms with van der Waals surface area (Å²) in [5, 5.41) is 7.21. The number of amides is 1. The summed E-state index contributed by atoms with van der Waals surface area (Å²) in [6, 6.07) is 11.8. The van der Waals surface area contributed by atoms with Crippen LogP contribution in [0.1, 0.15) is 16.1 Å². The van der Waals surface area contributed by atoms with Gasteiger partial charge < -0.3 is 14.6 Å². The molecular formula is C22H14Cl2FN3O4. The molecule has 0 bridgehead atoms. The molecule has 0 radical (unpaired) electrons. The molecule has 4 rings (SSSR count). The number of halogens is 3. The molecule has 2 aromatic carbocycles. The summed E-state index contributed by atoms with van der Waals surface area (Å²) in [6.07, 6.45) is 0. The predicted octanol–water partition coefficient (Wildman–Crippen LogP) is 5.44. The number of nitrogens with one attached hydrogen (secondary N) is 1. The molecule has 1 N–H and O–H groups in total. The van der Waals surface area contributed by atoms with Gasteiger partial charge in [0, 0.05) is 5.56 Å². The maximum Gasteiger partial charge on any atom is 0.339 e. The van der Waals surface area contributed by atoms with Crippen molar-refractivity contribution in [2.45, 2.75) is 6.92 Å². The van der Waals surface area contributed by atoms with Gasteiger partial charge in [0.15, 0.2) is 6.61 Å². The third-order valence-electron chi connectivity index (χ3n) is 4.54. The highest BCUT2D eigenvalue weighted by atomic mass is 35.5. The molecule has 0 saturated carbocycles. The van der Waals surface area contributed by atoms with Crippen molar-refractivity contribution in [2.75, 3.05) is 11.9 Å². The average molecular weight is 474 g/mol. The molecule has 0 saturated heterocycles. The van der Waals surface area contributed by atoms with Gasteiger partial charge in [-0.1, -0.05) is 34.4 Å². The molecule has 10 heteroatoms. The molecule has 32 heavy (non-hydrogen) atoms. The lowest BCUT2D eigenvalue weighted by atomic mass is 10.1. The number of hydrogen-bond donors (Lipinski definition) is 1. The van der Waals surface area contributed by atoms with Gasteiger partial charge in [-0.3, -0.25) is 4.79 Å². The van der Waals surface area contributed by atoms with Crippen molar-refractivity contribution in [3.8, 4) is 11.3 Å². The van der Waals surface area contributed by atoms with Crippen LogP contribution in [0, 0.1) is 12.7 Å². The number of hydrogen-bond acceptors (Lipinski definition) is 6. The first-order chi connectivity index (χ1) is 15.3. The number of anilines is 1. The number of ether oxygens (including phenoxy) is 1. The number of rotatable bonds is 5. The molecule has 0 aliphatic carbocycles. The van der Waals surface area contributed by atoms with Crippen LogP contribution in [0.5, 0.6) is 0 Å². The Morgan fingerprint density at radius 3 is 2.50 bits per heavy atom. The van der Waals surface area contributed by atoms with E-state index in [0.717, 1.165) is 0 Å². The molecule has 0 aliphatic heterocycles. The number of para-hydroxylation sites is 1. The third kappa shape index (κ3) is 4.42. The van der Waals surface area contributed by atoms with Gasteiger partial charge >= 0.3 is 5.97 Å². The SMILES string of the molecule is Cc1noc2nc(-c3ccc(F)cc3)cc(C(=O)OCC(=O)Nc3c(Cl)cccc3Cl)c12. The summed E-state index contributed by atoms with van der Waals surface area (Å²) in [4.78, 5) is 29.4. The largest absolute Gasteiger partial charge is 0.452 e. The summed E-state index contributed by atoms with van der Waals surface area (Å²) in [5.41, 5.74) is 1.78. The van der Waals surface area contributed by atoms with Gasteiger partial charge in [-0.15, -0.1) is 0 Å². The molecular weight excluding hydrogens is 460 g/mol. The molecule has 0 spiro atoms. The van der Waals surface area contributed by atoms with E-state index in [4.69, 9.17) is 32.5 Å². The first-order valence-corrected chi connectivity index (χ1v) is 10.0. The van der Waals surface area contributed by atoms with Crippen LogP contribution in [0.2, 0.25) is 10.0 Å². The van der Waals surface area contributed by atoms with Crippen LogP contribution >= 0.6 is 23.2 Å². The van der Waals surface area contributed by atoms with Crippen LogP contribution in [0.15, 0.2) is 53.1 Å². The number of carbonyl (C=O) groups is 2. The van der Waals surface area contributed by atoms with E-state index in [1.165, 1.54) is 30.3 Å². The smallest absolute Gasteiger partial charge is 0.339 e. The second-order valence-corrected chi connectivity index (χ2v) is 7.55. The molecule has 0 atom stereocenters. The van der Waals surface area contributed by atoms with Gasteiger partial charge in [0.05, 0.1) is 38.1 Å². The first kappa shape index (κ1) is 21.7. The van der Waals surface area contributed by atoms with Crippen LogP contribution < -0.4 is 5.32 Å². The maximum atomic E-state index is 13.3. The van der Waals surface area contributed by atoms with Crippen LogP contribution in [-0.4, -0.2) is 28.6 Å². The van der Waals surface area contributed by atoms with Crippen LogP contribution in [0.4, 0.5) is 10.1 Å². The molecule has 4 aromatic rings. The fourth-order valence-corrected chi connectivity index (χ4v) is 3.52. The molecule has 2 heterocycles. The lowest BCUT2D eigenvalue weighted by molar-refractivity contribution is -0.119. The minimum Gasteiger partial charge on any atom is -0.452 e. The van der Waals surface area contributed by atoms with Gasteiger partial charge in [0.1, 0.15) is 5.82 Å². The Morgan fingerprint density at radius 1 is 1.12 bits per heavy atom. The molecule has 7 nitrogen and oxygen atoms in total. The van der Waals surface area contributed by atoms with Crippen LogP contribution in [0.25, 0.3) is 22.4 Å². The van der Waals surface area contributed by atoms with E-state index in [2.05, 4.69) is 15.5 Å². The summed E-state index contributed by atoms with van der Waals surface area (Å²) in [5.74, 6) is -1.82. The number of benzene rings is 2. The highest BCUT2D eigenvalue weighted by Crippen LogP contribution is 2.30.